The van der Waals surface area contributed by atoms with Crippen molar-refractivity contribution in [2.75, 3.05) is 11.5 Å². The summed E-state index contributed by atoms with van der Waals surface area (Å²) in [7, 11) is 0. The van der Waals surface area contributed by atoms with E-state index >= 15 is 0 Å². The molecule has 1 amide bonds. The van der Waals surface area contributed by atoms with Crippen LogP contribution in [0.2, 0.25) is 0 Å². The Morgan fingerprint density at radius 3 is 2.74 bits per heavy atom. The number of carbonyl (C=O) groups is 1. The van der Waals surface area contributed by atoms with E-state index in [1.165, 1.54) is 16.2 Å². The van der Waals surface area contributed by atoms with Crippen LogP contribution in [0.25, 0.3) is 11.0 Å². The summed E-state index contributed by atoms with van der Waals surface area (Å²) in [6.07, 6.45) is 0.926. The second kappa shape index (κ2) is 8.96. The van der Waals surface area contributed by atoms with Gasteiger partial charge in [-0.15, -0.1) is 10.2 Å². The molecule has 0 N–H and O–H groups in total. The Balaban J connectivity index is 1.68. The molecular weight excluding hydrogens is 518 g/mol. The summed E-state index contributed by atoms with van der Waals surface area (Å²) < 4.78 is 12.7. The molecule has 2 aromatic carbocycles. The van der Waals surface area contributed by atoms with Crippen LogP contribution in [0.4, 0.5) is 5.13 Å². The molecule has 7 nitrogen and oxygen atoms in total. The fraction of sp³-hybridized carbons (Fsp3) is 0.280. The first-order chi connectivity index (χ1) is 16.3. The van der Waals surface area contributed by atoms with Gasteiger partial charge in [0.15, 0.2) is 5.43 Å². The van der Waals surface area contributed by atoms with Crippen molar-refractivity contribution < 1.29 is 13.9 Å². The minimum Gasteiger partial charge on any atom is -0.494 e. The van der Waals surface area contributed by atoms with E-state index in [4.69, 9.17) is 9.15 Å². The van der Waals surface area contributed by atoms with Crippen molar-refractivity contribution in [3.8, 4) is 5.75 Å². The molecule has 3 heterocycles. The highest BCUT2D eigenvalue weighted by molar-refractivity contribution is 9.10. The Morgan fingerprint density at radius 1 is 1.18 bits per heavy atom. The zero-order valence-corrected chi connectivity index (χ0v) is 21.3. The maximum atomic E-state index is 13.7. The zero-order chi connectivity index (χ0) is 24.0. The average molecular weight is 540 g/mol. The maximum absolute atomic E-state index is 13.7. The number of nitrogens with zero attached hydrogens (tertiary/aromatic N) is 3. The van der Waals surface area contributed by atoms with Crippen molar-refractivity contribution in [2.24, 2.45) is 5.92 Å². The predicted octanol–water partition coefficient (Wildman–Crippen LogP) is 5.89. The fourth-order valence-electron chi connectivity index (χ4n) is 4.03. The van der Waals surface area contributed by atoms with Gasteiger partial charge >= 0.3 is 0 Å². The Bertz CT molecular complexity index is 1460. The molecular formula is C25H22BrN3O4S. The molecule has 0 bridgehead atoms. The summed E-state index contributed by atoms with van der Waals surface area (Å²) in [6.45, 7) is 6.69. The number of fused-ring (bicyclic) bond motifs is 2. The standard InChI is InChI=1S/C25H22BrN3O4S/c1-13(2)9-10-32-17-6-4-5-15(11-17)21-20-22(30)18-12-16(26)7-8-19(18)33-23(20)24(31)29(21)25-28-27-14(3)34-25/h4-8,11-13,21H,9-10H2,1-3H3. The van der Waals surface area contributed by atoms with Gasteiger partial charge in [0.1, 0.15) is 16.3 Å². The lowest BCUT2D eigenvalue weighted by molar-refractivity contribution is 0.0970. The highest BCUT2D eigenvalue weighted by atomic mass is 79.9. The van der Waals surface area contributed by atoms with Gasteiger partial charge in [0.25, 0.3) is 5.91 Å². The maximum Gasteiger partial charge on any atom is 0.297 e. The number of amides is 1. The van der Waals surface area contributed by atoms with E-state index in [-0.39, 0.29) is 11.2 Å². The van der Waals surface area contributed by atoms with E-state index in [1.807, 2.05) is 31.2 Å². The van der Waals surface area contributed by atoms with Gasteiger partial charge in [-0.05, 0) is 55.2 Å². The Morgan fingerprint density at radius 2 is 2.00 bits per heavy atom. The van der Waals surface area contributed by atoms with E-state index in [0.29, 0.717) is 39.9 Å². The van der Waals surface area contributed by atoms with Crippen LogP contribution < -0.4 is 15.1 Å². The molecule has 0 fully saturated rings. The predicted molar refractivity (Wildman–Crippen MR) is 135 cm³/mol. The summed E-state index contributed by atoms with van der Waals surface area (Å²) in [4.78, 5) is 28.8. The lowest BCUT2D eigenvalue weighted by atomic mass is 9.98. The number of ether oxygens (including phenoxy) is 1. The molecule has 0 saturated carbocycles. The van der Waals surface area contributed by atoms with E-state index in [1.54, 1.807) is 18.2 Å². The molecule has 174 valence electrons. The van der Waals surface area contributed by atoms with Crippen LogP contribution in [0.1, 0.15) is 53.0 Å². The summed E-state index contributed by atoms with van der Waals surface area (Å²) in [6, 6.07) is 12.0. The number of benzene rings is 2. The van der Waals surface area contributed by atoms with Crippen molar-refractivity contribution in [3.63, 3.8) is 0 Å². The third-order valence-corrected chi connectivity index (χ3v) is 7.02. The average Bonchev–Trinajstić information content (AvgIpc) is 3.35. The van der Waals surface area contributed by atoms with Gasteiger partial charge in [-0.1, -0.05) is 53.2 Å². The van der Waals surface area contributed by atoms with Crippen LogP contribution in [0.3, 0.4) is 0 Å². The third-order valence-electron chi connectivity index (χ3n) is 5.69. The number of rotatable bonds is 6. The summed E-state index contributed by atoms with van der Waals surface area (Å²) in [5, 5.41) is 9.83. The van der Waals surface area contributed by atoms with Gasteiger partial charge in [-0.2, -0.15) is 0 Å². The molecule has 1 atom stereocenters. The van der Waals surface area contributed by atoms with Crippen LogP contribution in [-0.4, -0.2) is 22.7 Å². The SMILES string of the molecule is Cc1nnc(N2C(=O)c3oc4ccc(Br)cc4c(=O)c3C2c2cccc(OCCC(C)C)c2)s1. The summed E-state index contributed by atoms with van der Waals surface area (Å²) in [5.74, 6) is 0.823. The zero-order valence-electron chi connectivity index (χ0n) is 18.9. The van der Waals surface area contributed by atoms with Crippen LogP contribution >= 0.6 is 27.3 Å². The molecule has 1 aliphatic rings. The van der Waals surface area contributed by atoms with E-state index in [0.717, 1.165) is 21.5 Å². The molecule has 0 spiro atoms. The van der Waals surface area contributed by atoms with Crippen LogP contribution in [-0.2, 0) is 0 Å². The molecule has 0 radical (unpaired) electrons. The highest BCUT2D eigenvalue weighted by Gasteiger charge is 2.45. The monoisotopic (exact) mass is 539 g/mol. The van der Waals surface area contributed by atoms with Crippen molar-refractivity contribution in [1.29, 1.82) is 0 Å². The van der Waals surface area contributed by atoms with Crippen molar-refractivity contribution in [2.45, 2.75) is 33.2 Å². The quantitative estimate of drug-likeness (QED) is 0.303. The lowest BCUT2D eigenvalue weighted by Gasteiger charge is -2.22. The first-order valence-corrected chi connectivity index (χ1v) is 12.6. The number of anilines is 1. The molecule has 1 unspecified atom stereocenters. The van der Waals surface area contributed by atoms with Gasteiger partial charge in [0, 0.05) is 4.47 Å². The first kappa shape index (κ1) is 22.7. The fourth-order valence-corrected chi connectivity index (χ4v) is 5.10. The second-order valence-electron chi connectivity index (χ2n) is 8.60. The Hall–Kier alpha value is -3.04. The molecule has 1 aliphatic heterocycles. The lowest BCUT2D eigenvalue weighted by Crippen LogP contribution is -2.29. The van der Waals surface area contributed by atoms with E-state index in [9.17, 15) is 9.59 Å². The third kappa shape index (κ3) is 4.03. The number of carbonyl (C=O) groups excluding carboxylic acids is 1. The smallest absolute Gasteiger partial charge is 0.297 e. The molecule has 34 heavy (non-hydrogen) atoms. The molecule has 5 rings (SSSR count). The normalized spacial score (nSPS) is 15.4. The highest BCUT2D eigenvalue weighted by Crippen LogP contribution is 2.42. The molecule has 0 aliphatic carbocycles. The van der Waals surface area contributed by atoms with Crippen LogP contribution in [0.5, 0.6) is 5.75 Å². The van der Waals surface area contributed by atoms with E-state index in [2.05, 4.69) is 40.0 Å². The number of hydrogen-bond donors (Lipinski definition) is 0. The van der Waals surface area contributed by atoms with Crippen molar-refractivity contribution in [3.05, 3.63) is 79.1 Å². The van der Waals surface area contributed by atoms with Gasteiger partial charge in [0.05, 0.1) is 23.6 Å². The minimum absolute atomic E-state index is 0.0313. The number of hydrogen-bond acceptors (Lipinski definition) is 7. The molecule has 0 saturated heterocycles. The largest absolute Gasteiger partial charge is 0.494 e. The molecule has 2 aromatic heterocycles. The summed E-state index contributed by atoms with van der Waals surface area (Å²) >= 11 is 4.72. The van der Waals surface area contributed by atoms with E-state index < -0.39 is 11.9 Å². The Kier molecular flexibility index (Phi) is 5.99. The molecule has 4 aromatic rings. The van der Waals surface area contributed by atoms with Crippen molar-refractivity contribution in [1.82, 2.24) is 10.2 Å². The summed E-state index contributed by atoms with van der Waals surface area (Å²) in [5.41, 5.74) is 1.15. The minimum atomic E-state index is -0.705. The van der Waals surface area contributed by atoms with Gasteiger partial charge < -0.3 is 9.15 Å². The number of halogens is 1. The number of aromatic nitrogens is 2. The number of aryl methyl sites for hydroxylation is 1. The van der Waals surface area contributed by atoms with Gasteiger partial charge in [-0.25, -0.2) is 0 Å². The Labute approximate surface area is 208 Å². The van der Waals surface area contributed by atoms with Crippen LogP contribution in [0, 0.1) is 12.8 Å². The molecule has 9 heteroatoms. The first-order valence-electron chi connectivity index (χ1n) is 11.0. The van der Waals surface area contributed by atoms with Gasteiger partial charge in [-0.3, -0.25) is 14.5 Å². The van der Waals surface area contributed by atoms with Gasteiger partial charge in [0.2, 0.25) is 10.9 Å². The second-order valence-corrected chi connectivity index (χ2v) is 10.7. The topological polar surface area (TPSA) is 85.5 Å². The van der Waals surface area contributed by atoms with Crippen molar-refractivity contribution >= 4 is 49.3 Å². The van der Waals surface area contributed by atoms with Crippen LogP contribution in [0.15, 0.2) is 56.1 Å².